The summed E-state index contributed by atoms with van der Waals surface area (Å²) in [5, 5.41) is 2.05. The van der Waals surface area contributed by atoms with Crippen LogP contribution in [-0.4, -0.2) is 13.2 Å². The summed E-state index contributed by atoms with van der Waals surface area (Å²) in [5.41, 5.74) is 8.40. The molecule has 1 atom stereocenters. The minimum atomic E-state index is -0.187. The summed E-state index contributed by atoms with van der Waals surface area (Å²) in [6, 6.07) is 5.73. The van der Waals surface area contributed by atoms with Crippen LogP contribution in [-0.2, 0) is 0 Å². The molecule has 0 amide bonds. The first kappa shape index (κ1) is 13.4. The van der Waals surface area contributed by atoms with Crippen LogP contribution in [0.2, 0.25) is 0 Å². The Hall–Kier alpha value is -0.560. The number of ether oxygens (including phenoxy) is 2. The smallest absolute Gasteiger partial charge is 0.162 e. The van der Waals surface area contributed by atoms with Crippen molar-refractivity contribution in [3.8, 4) is 11.5 Å². The summed E-state index contributed by atoms with van der Waals surface area (Å²) in [6.07, 6.45) is 0. The molecule has 0 saturated heterocycles. The third-order valence-electron chi connectivity index (χ3n) is 2.94. The maximum atomic E-state index is 6.32. The third kappa shape index (κ3) is 2.67. The Balaban J connectivity index is 2.00. The second kappa shape index (κ2) is 5.44. The first-order chi connectivity index (χ1) is 9.15. The molecule has 0 bridgehead atoms. The lowest BCUT2D eigenvalue weighted by molar-refractivity contribution is 0.171. The molecule has 1 aromatic carbocycles. The normalized spacial score (nSPS) is 15.3. The molecule has 3 rings (SSSR count). The zero-order valence-corrected chi connectivity index (χ0v) is 13.8. The first-order valence-corrected chi connectivity index (χ1v) is 8.20. The number of nitrogens with two attached hydrogens (primary N) is 1. The molecule has 1 unspecified atom stereocenters. The molecule has 0 fully saturated rings. The van der Waals surface area contributed by atoms with Gasteiger partial charge in [0.2, 0.25) is 0 Å². The van der Waals surface area contributed by atoms with Crippen molar-refractivity contribution in [2.75, 3.05) is 13.2 Å². The van der Waals surface area contributed by atoms with E-state index in [1.54, 1.807) is 11.3 Å². The number of halogens is 2. The fraction of sp³-hybridized carbons (Fsp3) is 0.231. The van der Waals surface area contributed by atoms with Crippen molar-refractivity contribution in [2.24, 2.45) is 5.73 Å². The molecule has 3 nitrogen and oxygen atoms in total. The lowest BCUT2D eigenvalue weighted by atomic mass is 10.0. The van der Waals surface area contributed by atoms with Crippen LogP contribution in [0.3, 0.4) is 0 Å². The monoisotopic (exact) mass is 403 g/mol. The number of thiophene rings is 1. The van der Waals surface area contributed by atoms with Gasteiger partial charge in [0.25, 0.3) is 0 Å². The van der Waals surface area contributed by atoms with Gasteiger partial charge in [-0.05, 0) is 50.6 Å². The van der Waals surface area contributed by atoms with Gasteiger partial charge in [-0.1, -0.05) is 15.9 Å². The van der Waals surface area contributed by atoms with Crippen molar-refractivity contribution in [2.45, 2.75) is 6.04 Å². The van der Waals surface area contributed by atoms with Crippen molar-refractivity contribution in [3.05, 3.63) is 43.0 Å². The summed E-state index contributed by atoms with van der Waals surface area (Å²) in [7, 11) is 0. The highest BCUT2D eigenvalue weighted by Crippen LogP contribution is 2.39. The van der Waals surface area contributed by atoms with E-state index in [0.717, 1.165) is 30.9 Å². The van der Waals surface area contributed by atoms with Gasteiger partial charge in [-0.3, -0.25) is 0 Å². The average Bonchev–Trinajstić information content (AvgIpc) is 2.84. The Kier molecular flexibility index (Phi) is 3.84. The Labute approximate surface area is 132 Å². The molecule has 2 N–H and O–H groups in total. The molecule has 0 spiro atoms. The molecule has 1 aliphatic rings. The Morgan fingerprint density at radius 3 is 2.42 bits per heavy atom. The second-order valence-electron chi connectivity index (χ2n) is 4.18. The van der Waals surface area contributed by atoms with E-state index in [9.17, 15) is 0 Å². The van der Waals surface area contributed by atoms with Crippen molar-refractivity contribution < 1.29 is 9.47 Å². The zero-order chi connectivity index (χ0) is 13.4. The van der Waals surface area contributed by atoms with Crippen LogP contribution in [0.5, 0.6) is 11.5 Å². The van der Waals surface area contributed by atoms with E-state index < -0.39 is 0 Å². The van der Waals surface area contributed by atoms with Crippen LogP contribution in [0.4, 0.5) is 0 Å². The molecule has 100 valence electrons. The number of hydrogen-bond acceptors (Lipinski definition) is 4. The predicted molar refractivity (Wildman–Crippen MR) is 83.2 cm³/mol. The van der Waals surface area contributed by atoms with Crippen molar-refractivity contribution in [1.82, 2.24) is 0 Å². The molecule has 19 heavy (non-hydrogen) atoms. The van der Waals surface area contributed by atoms with E-state index in [1.807, 2.05) is 18.2 Å². The van der Waals surface area contributed by atoms with Crippen molar-refractivity contribution >= 4 is 43.2 Å². The minimum absolute atomic E-state index is 0.187. The zero-order valence-electron chi connectivity index (χ0n) is 9.86. The van der Waals surface area contributed by atoms with Gasteiger partial charge < -0.3 is 15.2 Å². The molecule has 1 aromatic heterocycles. The first-order valence-electron chi connectivity index (χ1n) is 5.73. The lowest BCUT2D eigenvalue weighted by Crippen LogP contribution is -2.17. The summed E-state index contributed by atoms with van der Waals surface area (Å²) in [5.74, 6) is 1.52. The standard InChI is InChI=1S/C13H11Br2NO2S/c14-9-5-11-10(17-1-2-18-11)4-8(9)13(16)7-3-12(15)19-6-7/h3-6,13H,1-2,16H2. The summed E-state index contributed by atoms with van der Waals surface area (Å²) in [4.78, 5) is 0. The molecule has 2 aromatic rings. The highest BCUT2D eigenvalue weighted by atomic mass is 79.9. The minimum Gasteiger partial charge on any atom is -0.486 e. The van der Waals surface area contributed by atoms with Crippen LogP contribution in [0, 0.1) is 0 Å². The lowest BCUT2D eigenvalue weighted by Gasteiger charge is -2.21. The SMILES string of the molecule is NC(c1csc(Br)c1)c1cc2c(cc1Br)OCCO2. The van der Waals surface area contributed by atoms with Gasteiger partial charge in [0.05, 0.1) is 9.83 Å². The Bertz CT molecular complexity index is 615. The molecule has 2 heterocycles. The highest BCUT2D eigenvalue weighted by molar-refractivity contribution is 9.11. The third-order valence-corrected chi connectivity index (χ3v) is 5.15. The summed E-state index contributed by atoms with van der Waals surface area (Å²) < 4.78 is 13.2. The largest absolute Gasteiger partial charge is 0.486 e. The predicted octanol–water partition coefficient (Wildman–Crippen LogP) is 4.09. The van der Waals surface area contributed by atoms with Gasteiger partial charge in [0, 0.05) is 4.47 Å². The van der Waals surface area contributed by atoms with E-state index in [-0.39, 0.29) is 6.04 Å². The van der Waals surface area contributed by atoms with Gasteiger partial charge in [0.1, 0.15) is 13.2 Å². The molecule has 0 radical (unpaired) electrons. The Morgan fingerprint density at radius 2 is 1.79 bits per heavy atom. The van der Waals surface area contributed by atoms with Gasteiger partial charge in [-0.2, -0.15) is 0 Å². The fourth-order valence-corrected chi connectivity index (χ4v) is 3.77. The van der Waals surface area contributed by atoms with Crippen LogP contribution in [0.1, 0.15) is 17.2 Å². The van der Waals surface area contributed by atoms with Crippen LogP contribution in [0.25, 0.3) is 0 Å². The quantitative estimate of drug-likeness (QED) is 0.819. The average molecular weight is 405 g/mol. The maximum absolute atomic E-state index is 6.32. The molecule has 0 saturated carbocycles. The number of hydrogen-bond donors (Lipinski definition) is 1. The summed E-state index contributed by atoms with van der Waals surface area (Å²) in [6.45, 7) is 1.16. The van der Waals surface area contributed by atoms with Crippen LogP contribution >= 0.6 is 43.2 Å². The van der Waals surface area contributed by atoms with E-state index in [4.69, 9.17) is 15.2 Å². The van der Waals surface area contributed by atoms with E-state index >= 15 is 0 Å². The van der Waals surface area contributed by atoms with Crippen LogP contribution < -0.4 is 15.2 Å². The molecular formula is C13H11Br2NO2S. The number of rotatable bonds is 2. The number of fused-ring (bicyclic) bond motifs is 1. The van der Waals surface area contributed by atoms with E-state index in [0.29, 0.717) is 13.2 Å². The van der Waals surface area contributed by atoms with Gasteiger partial charge in [0.15, 0.2) is 11.5 Å². The Morgan fingerprint density at radius 1 is 1.11 bits per heavy atom. The number of benzene rings is 1. The van der Waals surface area contributed by atoms with Crippen LogP contribution in [0.15, 0.2) is 31.8 Å². The van der Waals surface area contributed by atoms with Crippen molar-refractivity contribution in [1.29, 1.82) is 0 Å². The van der Waals surface area contributed by atoms with Gasteiger partial charge in [-0.15, -0.1) is 11.3 Å². The van der Waals surface area contributed by atoms with Crippen molar-refractivity contribution in [3.63, 3.8) is 0 Å². The van der Waals surface area contributed by atoms with E-state index in [2.05, 4.69) is 37.2 Å². The fourth-order valence-electron chi connectivity index (χ4n) is 1.98. The topological polar surface area (TPSA) is 44.5 Å². The summed E-state index contributed by atoms with van der Waals surface area (Å²) >= 11 is 8.64. The molecule has 1 aliphatic heterocycles. The maximum Gasteiger partial charge on any atom is 0.162 e. The van der Waals surface area contributed by atoms with Gasteiger partial charge >= 0.3 is 0 Å². The molecule has 0 aliphatic carbocycles. The van der Waals surface area contributed by atoms with E-state index in [1.165, 1.54) is 0 Å². The molecule has 6 heteroatoms. The highest BCUT2D eigenvalue weighted by Gasteiger charge is 2.19. The second-order valence-corrected chi connectivity index (χ2v) is 7.32. The van der Waals surface area contributed by atoms with Gasteiger partial charge in [-0.25, -0.2) is 0 Å². The molecular weight excluding hydrogens is 394 g/mol.